The van der Waals surface area contributed by atoms with Crippen LogP contribution in [-0.2, 0) is 6.42 Å². The average Bonchev–Trinajstić information content (AvgIpc) is 2.71. The summed E-state index contributed by atoms with van der Waals surface area (Å²) in [6, 6.07) is 4.04. The van der Waals surface area contributed by atoms with Crippen molar-refractivity contribution >= 4 is 11.3 Å². The highest BCUT2D eigenvalue weighted by Gasteiger charge is 2.06. The highest BCUT2D eigenvalue weighted by Crippen LogP contribution is 2.25. The lowest BCUT2D eigenvalue weighted by molar-refractivity contribution is 0.300. The maximum Gasteiger partial charge on any atom is 0.0782 e. The molecule has 0 amide bonds. The van der Waals surface area contributed by atoms with Crippen LogP contribution in [0, 0.1) is 0 Å². The molecule has 0 aliphatic heterocycles. The summed E-state index contributed by atoms with van der Waals surface area (Å²) in [5.74, 6) is 0. The van der Waals surface area contributed by atoms with E-state index in [9.17, 15) is 0 Å². The molecule has 2 aromatic heterocycles. The second-order valence-corrected chi connectivity index (χ2v) is 3.67. The Kier molecular flexibility index (Phi) is 2.42. The SMILES string of the molecule is OCCc1cn[nH]c1-c1cccs1. The van der Waals surface area contributed by atoms with Crippen LogP contribution in [0.1, 0.15) is 5.56 Å². The number of aromatic nitrogens is 2. The third kappa shape index (κ3) is 1.64. The molecule has 0 aliphatic rings. The first-order valence-corrected chi connectivity index (χ1v) is 4.97. The Bertz CT molecular complexity index is 367. The largest absolute Gasteiger partial charge is 0.396 e. The van der Waals surface area contributed by atoms with E-state index in [0.29, 0.717) is 6.42 Å². The van der Waals surface area contributed by atoms with Gasteiger partial charge in [-0.1, -0.05) is 6.07 Å². The Labute approximate surface area is 80.1 Å². The van der Waals surface area contributed by atoms with E-state index < -0.39 is 0 Å². The summed E-state index contributed by atoms with van der Waals surface area (Å²) in [6.45, 7) is 0.165. The van der Waals surface area contributed by atoms with Crippen molar-refractivity contribution in [3.05, 3.63) is 29.3 Å². The van der Waals surface area contributed by atoms with Gasteiger partial charge in [-0.15, -0.1) is 11.3 Å². The maximum absolute atomic E-state index is 8.82. The van der Waals surface area contributed by atoms with E-state index in [1.54, 1.807) is 17.5 Å². The summed E-state index contributed by atoms with van der Waals surface area (Å²) in [7, 11) is 0. The Morgan fingerprint density at radius 1 is 1.54 bits per heavy atom. The van der Waals surface area contributed by atoms with Gasteiger partial charge in [-0.2, -0.15) is 5.10 Å². The predicted octanol–water partition coefficient (Wildman–Crippen LogP) is 1.67. The number of thiophene rings is 1. The lowest BCUT2D eigenvalue weighted by Crippen LogP contribution is -1.90. The van der Waals surface area contributed by atoms with Crippen molar-refractivity contribution in [2.75, 3.05) is 6.61 Å². The first-order chi connectivity index (χ1) is 6.42. The van der Waals surface area contributed by atoms with Crippen molar-refractivity contribution in [3.63, 3.8) is 0 Å². The van der Waals surface area contributed by atoms with Crippen LogP contribution >= 0.6 is 11.3 Å². The van der Waals surface area contributed by atoms with E-state index in [1.807, 2.05) is 17.5 Å². The normalized spacial score (nSPS) is 10.5. The molecule has 0 aliphatic carbocycles. The molecule has 2 N–H and O–H groups in total. The number of hydrogen-bond acceptors (Lipinski definition) is 3. The van der Waals surface area contributed by atoms with Gasteiger partial charge in [0.15, 0.2) is 0 Å². The van der Waals surface area contributed by atoms with Crippen LogP contribution in [-0.4, -0.2) is 21.9 Å². The molecule has 0 bridgehead atoms. The number of H-pyrrole nitrogens is 1. The fourth-order valence-corrected chi connectivity index (χ4v) is 2.01. The van der Waals surface area contributed by atoms with Gasteiger partial charge in [-0.25, -0.2) is 0 Å². The molecule has 4 heteroatoms. The zero-order chi connectivity index (χ0) is 9.10. The molecule has 0 atom stereocenters. The quantitative estimate of drug-likeness (QED) is 0.781. The molecule has 0 saturated carbocycles. The number of rotatable bonds is 3. The second kappa shape index (κ2) is 3.72. The smallest absolute Gasteiger partial charge is 0.0782 e. The van der Waals surface area contributed by atoms with Gasteiger partial charge in [0, 0.05) is 12.2 Å². The van der Waals surface area contributed by atoms with Crippen LogP contribution in [0.15, 0.2) is 23.7 Å². The molecule has 0 unspecified atom stereocenters. The van der Waals surface area contributed by atoms with Crippen molar-refractivity contribution in [1.29, 1.82) is 0 Å². The number of aromatic amines is 1. The molecule has 68 valence electrons. The van der Waals surface area contributed by atoms with E-state index in [2.05, 4.69) is 10.2 Å². The van der Waals surface area contributed by atoms with Crippen LogP contribution in [0.4, 0.5) is 0 Å². The van der Waals surface area contributed by atoms with Gasteiger partial charge in [0.25, 0.3) is 0 Å². The zero-order valence-electron chi connectivity index (χ0n) is 7.03. The van der Waals surface area contributed by atoms with Crippen LogP contribution < -0.4 is 0 Å². The minimum absolute atomic E-state index is 0.165. The molecular formula is C9H10N2OS. The van der Waals surface area contributed by atoms with Gasteiger partial charge in [0.05, 0.1) is 16.8 Å². The molecule has 0 spiro atoms. The van der Waals surface area contributed by atoms with E-state index in [4.69, 9.17) is 5.11 Å². The minimum atomic E-state index is 0.165. The third-order valence-corrected chi connectivity index (χ3v) is 2.75. The van der Waals surface area contributed by atoms with Gasteiger partial charge in [-0.05, 0) is 17.9 Å². The Morgan fingerprint density at radius 2 is 2.46 bits per heavy atom. The number of hydrogen-bond donors (Lipinski definition) is 2. The monoisotopic (exact) mass is 194 g/mol. The molecule has 2 rings (SSSR count). The molecule has 0 aromatic carbocycles. The fourth-order valence-electron chi connectivity index (χ4n) is 1.26. The lowest BCUT2D eigenvalue weighted by atomic mass is 10.2. The highest BCUT2D eigenvalue weighted by molar-refractivity contribution is 7.13. The number of nitrogens with zero attached hydrogens (tertiary/aromatic N) is 1. The molecular weight excluding hydrogens is 184 g/mol. The standard InChI is InChI=1S/C9H10N2OS/c12-4-3-7-6-10-11-9(7)8-2-1-5-13-8/h1-2,5-6,12H,3-4H2,(H,10,11). The second-order valence-electron chi connectivity index (χ2n) is 2.72. The van der Waals surface area contributed by atoms with Gasteiger partial charge in [-0.3, -0.25) is 5.10 Å². The van der Waals surface area contributed by atoms with Crippen molar-refractivity contribution < 1.29 is 5.11 Å². The first kappa shape index (κ1) is 8.47. The minimum Gasteiger partial charge on any atom is -0.396 e. The summed E-state index contributed by atoms with van der Waals surface area (Å²) < 4.78 is 0. The van der Waals surface area contributed by atoms with Crippen LogP contribution in [0.25, 0.3) is 10.6 Å². The van der Waals surface area contributed by atoms with Crippen LogP contribution in [0.2, 0.25) is 0 Å². The number of nitrogens with one attached hydrogen (secondary N) is 1. The summed E-state index contributed by atoms with van der Waals surface area (Å²) in [6.07, 6.45) is 2.43. The van der Waals surface area contributed by atoms with Crippen LogP contribution in [0.5, 0.6) is 0 Å². The third-order valence-electron chi connectivity index (χ3n) is 1.87. The molecule has 2 heterocycles. The molecule has 0 saturated heterocycles. The zero-order valence-corrected chi connectivity index (χ0v) is 7.84. The van der Waals surface area contributed by atoms with Gasteiger partial charge in [0.2, 0.25) is 0 Å². The lowest BCUT2D eigenvalue weighted by Gasteiger charge is -1.96. The molecule has 3 nitrogen and oxygen atoms in total. The van der Waals surface area contributed by atoms with Crippen molar-refractivity contribution in [3.8, 4) is 10.6 Å². The Balaban J connectivity index is 2.35. The molecule has 0 fully saturated rings. The molecule has 13 heavy (non-hydrogen) atoms. The Hall–Kier alpha value is -1.13. The topological polar surface area (TPSA) is 48.9 Å². The highest BCUT2D eigenvalue weighted by atomic mass is 32.1. The number of aliphatic hydroxyl groups excluding tert-OH is 1. The summed E-state index contributed by atoms with van der Waals surface area (Å²) in [4.78, 5) is 1.17. The Morgan fingerprint density at radius 3 is 3.15 bits per heavy atom. The van der Waals surface area contributed by atoms with Gasteiger partial charge >= 0.3 is 0 Å². The van der Waals surface area contributed by atoms with Crippen molar-refractivity contribution in [1.82, 2.24) is 10.2 Å². The number of aliphatic hydroxyl groups is 1. The van der Waals surface area contributed by atoms with E-state index >= 15 is 0 Å². The summed E-state index contributed by atoms with van der Waals surface area (Å²) in [5, 5.41) is 17.8. The van der Waals surface area contributed by atoms with E-state index in [0.717, 1.165) is 11.3 Å². The van der Waals surface area contributed by atoms with E-state index in [-0.39, 0.29) is 6.61 Å². The molecule has 0 radical (unpaired) electrons. The van der Waals surface area contributed by atoms with Crippen LogP contribution in [0.3, 0.4) is 0 Å². The maximum atomic E-state index is 8.82. The predicted molar refractivity (Wildman–Crippen MR) is 52.7 cm³/mol. The summed E-state index contributed by atoms with van der Waals surface area (Å²) in [5.41, 5.74) is 2.11. The fraction of sp³-hybridized carbons (Fsp3) is 0.222. The first-order valence-electron chi connectivity index (χ1n) is 4.09. The van der Waals surface area contributed by atoms with E-state index in [1.165, 1.54) is 4.88 Å². The van der Waals surface area contributed by atoms with Crippen molar-refractivity contribution in [2.45, 2.75) is 6.42 Å². The van der Waals surface area contributed by atoms with Crippen molar-refractivity contribution in [2.24, 2.45) is 0 Å². The summed E-state index contributed by atoms with van der Waals surface area (Å²) >= 11 is 1.67. The average molecular weight is 194 g/mol. The van der Waals surface area contributed by atoms with Gasteiger partial charge < -0.3 is 5.11 Å². The molecule has 2 aromatic rings. The van der Waals surface area contributed by atoms with Gasteiger partial charge in [0.1, 0.15) is 0 Å².